The first-order chi connectivity index (χ1) is 17.5. The number of nitrogens with zero attached hydrogens (tertiary/aromatic N) is 5. The van der Waals surface area contributed by atoms with Crippen molar-refractivity contribution in [2.24, 2.45) is 0 Å². The zero-order chi connectivity index (χ0) is 25.1. The van der Waals surface area contributed by atoms with Crippen molar-refractivity contribution in [2.75, 3.05) is 45.1 Å². The van der Waals surface area contributed by atoms with Crippen LogP contribution in [0.4, 0.5) is 5.95 Å². The molecule has 3 heterocycles. The molecule has 2 fully saturated rings. The standard InChI is InChI=1S/C28H40N6O2/c1-3-4-12-29-28-30-18-25-23-11-8-20(19-33-15-13-32(2)14-16-33)17-24(23)27(36)34(26(25)31-28)21-6-5-7-22(35)10-9-21/h8,11,17-18,21-22,35H,3-7,9-10,12-16,19H2,1-2H3,(H,29,30,31)/t21-,22-/m0/s1. The number of nitrogens with one attached hydrogen (secondary N) is 1. The zero-order valence-corrected chi connectivity index (χ0v) is 21.7. The molecule has 5 rings (SSSR count). The number of hydrogen-bond acceptors (Lipinski definition) is 7. The lowest BCUT2D eigenvalue weighted by Crippen LogP contribution is -2.43. The maximum absolute atomic E-state index is 14.1. The number of rotatable bonds is 7. The molecule has 2 atom stereocenters. The van der Waals surface area contributed by atoms with Crippen LogP contribution in [0.1, 0.15) is 63.5 Å². The Morgan fingerprint density at radius 3 is 2.69 bits per heavy atom. The SMILES string of the molecule is CCCCNc1ncc2c3ccc(CN4CCN(C)CC4)cc3c(=O)n([C@H]3CCC[C@H](O)CC3)c2n1. The number of benzene rings is 1. The van der Waals surface area contributed by atoms with Crippen LogP contribution in [-0.4, -0.2) is 75.3 Å². The van der Waals surface area contributed by atoms with Crippen LogP contribution in [0.15, 0.2) is 29.2 Å². The van der Waals surface area contributed by atoms with Gasteiger partial charge in [-0.1, -0.05) is 25.5 Å². The normalized spacial score (nSPS) is 22.2. The molecule has 2 aromatic heterocycles. The minimum absolute atomic E-state index is 0.0253. The fourth-order valence-electron chi connectivity index (χ4n) is 5.66. The van der Waals surface area contributed by atoms with Crippen LogP contribution in [0, 0.1) is 0 Å². The number of aromatic nitrogens is 3. The van der Waals surface area contributed by atoms with Crippen molar-refractivity contribution in [1.29, 1.82) is 0 Å². The van der Waals surface area contributed by atoms with E-state index in [1.54, 1.807) is 0 Å². The third-order valence-electron chi connectivity index (χ3n) is 7.91. The first kappa shape index (κ1) is 25.1. The highest BCUT2D eigenvalue weighted by molar-refractivity contribution is 6.04. The molecule has 1 aliphatic carbocycles. The van der Waals surface area contributed by atoms with Gasteiger partial charge in [-0.05, 0) is 62.6 Å². The summed E-state index contributed by atoms with van der Waals surface area (Å²) in [4.78, 5) is 28.4. The van der Waals surface area contributed by atoms with Gasteiger partial charge in [-0.15, -0.1) is 0 Å². The summed E-state index contributed by atoms with van der Waals surface area (Å²) in [6.45, 7) is 8.06. The largest absolute Gasteiger partial charge is 0.393 e. The number of hydrogen-bond donors (Lipinski definition) is 2. The highest BCUT2D eigenvalue weighted by Gasteiger charge is 2.24. The fraction of sp³-hybridized carbons (Fsp3) is 0.607. The van der Waals surface area contributed by atoms with Gasteiger partial charge in [0.1, 0.15) is 5.65 Å². The summed E-state index contributed by atoms with van der Waals surface area (Å²) in [6, 6.07) is 6.35. The van der Waals surface area contributed by atoms with E-state index in [-0.39, 0.29) is 17.7 Å². The molecular formula is C28H40N6O2. The van der Waals surface area contributed by atoms with Crippen molar-refractivity contribution in [3.8, 4) is 0 Å². The van der Waals surface area contributed by atoms with E-state index in [2.05, 4.69) is 52.3 Å². The van der Waals surface area contributed by atoms with Gasteiger partial charge in [0.05, 0.1) is 6.10 Å². The van der Waals surface area contributed by atoms with Crippen molar-refractivity contribution in [2.45, 2.75) is 70.6 Å². The Morgan fingerprint density at radius 2 is 1.89 bits per heavy atom. The molecule has 0 radical (unpaired) electrons. The van der Waals surface area contributed by atoms with Gasteiger partial charge in [-0.2, -0.15) is 4.98 Å². The average Bonchev–Trinajstić information content (AvgIpc) is 3.10. The van der Waals surface area contributed by atoms with Crippen molar-refractivity contribution in [3.05, 3.63) is 40.3 Å². The highest BCUT2D eigenvalue weighted by atomic mass is 16.3. The Balaban J connectivity index is 1.58. The van der Waals surface area contributed by atoms with Crippen molar-refractivity contribution >= 4 is 27.8 Å². The molecule has 36 heavy (non-hydrogen) atoms. The summed E-state index contributed by atoms with van der Waals surface area (Å²) >= 11 is 0. The third kappa shape index (κ3) is 5.41. The predicted octanol–water partition coefficient (Wildman–Crippen LogP) is 3.77. The number of anilines is 1. The first-order valence-corrected chi connectivity index (χ1v) is 13.7. The molecule has 0 amide bonds. The molecule has 1 aromatic carbocycles. The molecular weight excluding hydrogens is 452 g/mol. The molecule has 1 saturated heterocycles. The van der Waals surface area contributed by atoms with Crippen molar-refractivity contribution < 1.29 is 5.11 Å². The molecule has 1 saturated carbocycles. The number of aliphatic hydroxyl groups excluding tert-OH is 1. The maximum Gasteiger partial charge on any atom is 0.260 e. The smallest absolute Gasteiger partial charge is 0.260 e. The summed E-state index contributed by atoms with van der Waals surface area (Å²) in [7, 11) is 2.17. The maximum atomic E-state index is 14.1. The zero-order valence-electron chi connectivity index (χ0n) is 21.7. The minimum atomic E-state index is -0.284. The number of piperazine rings is 1. The molecule has 0 unspecified atom stereocenters. The number of fused-ring (bicyclic) bond motifs is 3. The lowest BCUT2D eigenvalue weighted by atomic mass is 10.0. The second kappa shape index (κ2) is 11.2. The van der Waals surface area contributed by atoms with Crippen LogP contribution in [0.3, 0.4) is 0 Å². The first-order valence-electron chi connectivity index (χ1n) is 13.7. The number of pyridine rings is 1. The Morgan fingerprint density at radius 1 is 1.06 bits per heavy atom. The van der Waals surface area contributed by atoms with Crippen LogP contribution in [-0.2, 0) is 6.54 Å². The Kier molecular flexibility index (Phi) is 7.84. The lowest BCUT2D eigenvalue weighted by Gasteiger charge is -2.32. The van der Waals surface area contributed by atoms with Gasteiger partial charge in [-0.3, -0.25) is 14.3 Å². The Labute approximate surface area is 213 Å². The Hall–Kier alpha value is -2.55. The van der Waals surface area contributed by atoms with Gasteiger partial charge in [0.25, 0.3) is 5.56 Å². The second-order valence-electron chi connectivity index (χ2n) is 10.7. The molecule has 8 heteroatoms. The molecule has 0 bridgehead atoms. The molecule has 8 nitrogen and oxygen atoms in total. The van der Waals surface area contributed by atoms with E-state index >= 15 is 0 Å². The molecule has 0 spiro atoms. The predicted molar refractivity (Wildman–Crippen MR) is 146 cm³/mol. The van der Waals surface area contributed by atoms with E-state index in [4.69, 9.17) is 4.98 Å². The van der Waals surface area contributed by atoms with E-state index in [1.165, 1.54) is 5.56 Å². The van der Waals surface area contributed by atoms with Gasteiger partial charge in [0.15, 0.2) is 0 Å². The summed E-state index contributed by atoms with van der Waals surface area (Å²) < 4.78 is 1.92. The minimum Gasteiger partial charge on any atom is -0.393 e. The summed E-state index contributed by atoms with van der Waals surface area (Å²) in [6.07, 6.45) is 7.81. The summed E-state index contributed by atoms with van der Waals surface area (Å²) in [5.74, 6) is 0.573. The second-order valence-corrected chi connectivity index (χ2v) is 10.7. The topological polar surface area (TPSA) is 86.5 Å². The van der Waals surface area contributed by atoms with Gasteiger partial charge in [0.2, 0.25) is 5.95 Å². The van der Waals surface area contributed by atoms with Gasteiger partial charge >= 0.3 is 0 Å². The van der Waals surface area contributed by atoms with Crippen molar-refractivity contribution in [3.63, 3.8) is 0 Å². The van der Waals surface area contributed by atoms with Crippen molar-refractivity contribution in [1.82, 2.24) is 24.3 Å². The number of likely N-dealkylation sites (N-methyl/N-ethyl adjacent to an activating group) is 1. The van der Waals surface area contributed by atoms with Crippen LogP contribution in [0.25, 0.3) is 21.8 Å². The third-order valence-corrected chi connectivity index (χ3v) is 7.91. The average molecular weight is 493 g/mol. The van der Waals surface area contributed by atoms with E-state index in [1.807, 2.05) is 10.8 Å². The number of unbranched alkanes of at least 4 members (excludes halogenated alkanes) is 1. The van der Waals surface area contributed by atoms with Gasteiger partial charge in [0, 0.05) is 62.3 Å². The molecule has 194 valence electrons. The highest BCUT2D eigenvalue weighted by Crippen LogP contribution is 2.31. The summed E-state index contributed by atoms with van der Waals surface area (Å²) in [5.41, 5.74) is 1.90. The monoisotopic (exact) mass is 492 g/mol. The molecule has 1 aliphatic heterocycles. The van der Waals surface area contributed by atoms with E-state index < -0.39 is 0 Å². The molecule has 2 N–H and O–H groups in total. The lowest BCUT2D eigenvalue weighted by molar-refractivity contribution is 0.148. The molecule has 2 aliphatic rings. The Bertz CT molecular complexity index is 1250. The van der Waals surface area contributed by atoms with Crippen LogP contribution in [0.5, 0.6) is 0 Å². The van der Waals surface area contributed by atoms with E-state index in [0.29, 0.717) is 18.0 Å². The fourth-order valence-corrected chi connectivity index (χ4v) is 5.66. The summed E-state index contributed by atoms with van der Waals surface area (Å²) in [5, 5.41) is 16.2. The van der Waals surface area contributed by atoms with Crippen LogP contribution >= 0.6 is 0 Å². The number of aliphatic hydroxyl groups is 1. The van der Waals surface area contributed by atoms with E-state index in [9.17, 15) is 9.90 Å². The van der Waals surface area contributed by atoms with Gasteiger partial charge < -0.3 is 15.3 Å². The van der Waals surface area contributed by atoms with Gasteiger partial charge in [-0.25, -0.2) is 4.98 Å². The van der Waals surface area contributed by atoms with Crippen LogP contribution < -0.4 is 10.9 Å². The van der Waals surface area contributed by atoms with E-state index in [0.717, 1.165) is 94.0 Å². The molecule has 3 aromatic rings. The van der Waals surface area contributed by atoms with Crippen LogP contribution in [0.2, 0.25) is 0 Å². The quantitative estimate of drug-likeness (QED) is 0.295.